The Labute approximate surface area is 100 Å². The van der Waals surface area contributed by atoms with Crippen molar-refractivity contribution >= 4 is 0 Å². The van der Waals surface area contributed by atoms with Crippen molar-refractivity contribution in [2.24, 2.45) is 0 Å². The van der Waals surface area contributed by atoms with Crippen molar-refractivity contribution < 1.29 is 14.2 Å². The van der Waals surface area contributed by atoms with Crippen molar-refractivity contribution in [3.05, 3.63) is 35.1 Å². The van der Waals surface area contributed by atoms with Crippen molar-refractivity contribution in [1.29, 1.82) is 0 Å². The number of aliphatic hydroxyl groups excluding tert-OH is 1. The zero-order valence-corrected chi connectivity index (χ0v) is 9.58. The van der Waals surface area contributed by atoms with E-state index in [4.69, 9.17) is 9.84 Å². The molecule has 1 aromatic carbocycles. The molecule has 1 N–H and O–H groups in total. The van der Waals surface area contributed by atoms with E-state index < -0.39 is 0 Å². The molecule has 0 atom stereocenters. The minimum absolute atomic E-state index is 0.262. The van der Waals surface area contributed by atoms with E-state index in [0.717, 1.165) is 18.4 Å². The molecule has 0 bridgehead atoms. The molecule has 1 aliphatic rings. The molecule has 0 radical (unpaired) electrons. The van der Waals surface area contributed by atoms with Crippen molar-refractivity contribution in [2.45, 2.75) is 32.0 Å². The van der Waals surface area contributed by atoms with Crippen molar-refractivity contribution in [1.82, 2.24) is 0 Å². The highest BCUT2D eigenvalue weighted by Crippen LogP contribution is 2.23. The van der Waals surface area contributed by atoms with E-state index in [2.05, 4.69) is 11.8 Å². The zero-order valence-electron chi connectivity index (χ0n) is 9.58. The Balaban J connectivity index is 2.01. The van der Waals surface area contributed by atoms with Gasteiger partial charge in [-0.05, 0) is 37.0 Å². The Morgan fingerprint density at radius 2 is 2.24 bits per heavy atom. The molecule has 0 spiro atoms. The quantitative estimate of drug-likeness (QED) is 0.813. The van der Waals surface area contributed by atoms with Gasteiger partial charge < -0.3 is 9.84 Å². The van der Waals surface area contributed by atoms with Crippen LogP contribution in [0.2, 0.25) is 0 Å². The Bertz CT molecular complexity index is 441. The van der Waals surface area contributed by atoms with E-state index in [1.54, 1.807) is 12.1 Å². The van der Waals surface area contributed by atoms with Gasteiger partial charge in [0.1, 0.15) is 12.4 Å². The van der Waals surface area contributed by atoms with Gasteiger partial charge in [-0.3, -0.25) is 0 Å². The molecular formula is C14H15FO2. The molecule has 3 heteroatoms. The van der Waals surface area contributed by atoms with Crippen LogP contribution in [-0.4, -0.2) is 17.8 Å². The summed E-state index contributed by atoms with van der Waals surface area (Å²) in [4.78, 5) is 0. The highest BCUT2D eigenvalue weighted by molar-refractivity contribution is 5.38. The molecule has 2 rings (SSSR count). The van der Waals surface area contributed by atoms with E-state index >= 15 is 0 Å². The molecule has 1 aliphatic carbocycles. The highest BCUT2D eigenvalue weighted by Gasteiger charge is 2.17. The summed E-state index contributed by atoms with van der Waals surface area (Å²) in [6, 6.07) is 4.77. The summed E-state index contributed by atoms with van der Waals surface area (Å²) in [5.41, 5.74) is 1.23. The van der Waals surface area contributed by atoms with Crippen LogP contribution >= 0.6 is 0 Å². The van der Waals surface area contributed by atoms with Crippen LogP contribution in [0.4, 0.5) is 4.39 Å². The normalized spacial score (nSPS) is 14.9. The SMILES string of the molecule is OCC#Cc1cc(COC2CCC2)ccc1F. The van der Waals surface area contributed by atoms with Crippen LogP contribution < -0.4 is 0 Å². The number of rotatable bonds is 3. The van der Waals surface area contributed by atoms with Crippen LogP contribution in [0.15, 0.2) is 18.2 Å². The van der Waals surface area contributed by atoms with Crippen LogP contribution in [0.3, 0.4) is 0 Å². The van der Waals surface area contributed by atoms with E-state index in [9.17, 15) is 4.39 Å². The van der Waals surface area contributed by atoms with Crippen molar-refractivity contribution in [3.63, 3.8) is 0 Å². The molecule has 90 valence electrons. The van der Waals surface area contributed by atoms with Gasteiger partial charge in [-0.1, -0.05) is 17.9 Å². The maximum Gasteiger partial charge on any atom is 0.138 e. The third-order valence-corrected chi connectivity index (χ3v) is 2.87. The second-order valence-electron chi connectivity index (χ2n) is 4.14. The van der Waals surface area contributed by atoms with E-state index in [-0.39, 0.29) is 12.4 Å². The van der Waals surface area contributed by atoms with Gasteiger partial charge in [0.05, 0.1) is 18.3 Å². The molecule has 17 heavy (non-hydrogen) atoms. The third-order valence-electron chi connectivity index (χ3n) is 2.87. The summed E-state index contributed by atoms with van der Waals surface area (Å²) in [5.74, 6) is 4.67. The Hall–Kier alpha value is -1.37. The summed E-state index contributed by atoms with van der Waals surface area (Å²) in [6.07, 6.45) is 3.85. The summed E-state index contributed by atoms with van der Waals surface area (Å²) in [7, 11) is 0. The summed E-state index contributed by atoms with van der Waals surface area (Å²) in [6.45, 7) is 0.237. The second-order valence-corrected chi connectivity index (χ2v) is 4.14. The minimum Gasteiger partial charge on any atom is -0.384 e. The average Bonchev–Trinajstić information content (AvgIpc) is 2.27. The molecule has 1 aromatic rings. The summed E-state index contributed by atoms with van der Waals surface area (Å²) in [5, 5.41) is 8.58. The lowest BCUT2D eigenvalue weighted by atomic mass is 9.96. The smallest absolute Gasteiger partial charge is 0.138 e. The Morgan fingerprint density at radius 1 is 1.41 bits per heavy atom. The fraction of sp³-hybridized carbons (Fsp3) is 0.429. The molecule has 0 saturated heterocycles. The largest absolute Gasteiger partial charge is 0.384 e. The fourth-order valence-electron chi connectivity index (χ4n) is 1.64. The van der Waals surface area contributed by atoms with Crippen LogP contribution in [0.5, 0.6) is 0 Å². The number of halogens is 1. The molecule has 0 heterocycles. The lowest BCUT2D eigenvalue weighted by Gasteiger charge is -2.25. The number of aliphatic hydroxyl groups is 1. The molecule has 0 amide bonds. The van der Waals surface area contributed by atoms with Gasteiger partial charge in [-0.2, -0.15) is 0 Å². The number of benzene rings is 1. The molecule has 0 unspecified atom stereocenters. The monoisotopic (exact) mass is 234 g/mol. The molecule has 1 fully saturated rings. The van der Waals surface area contributed by atoms with Gasteiger partial charge in [0.15, 0.2) is 0 Å². The van der Waals surface area contributed by atoms with Crippen LogP contribution in [0.25, 0.3) is 0 Å². The van der Waals surface area contributed by atoms with Crippen LogP contribution in [0, 0.1) is 17.7 Å². The van der Waals surface area contributed by atoms with Gasteiger partial charge in [0.25, 0.3) is 0 Å². The molecule has 0 aromatic heterocycles. The summed E-state index contributed by atoms with van der Waals surface area (Å²) >= 11 is 0. The number of ether oxygens (including phenoxy) is 1. The first-order valence-corrected chi connectivity index (χ1v) is 5.79. The van der Waals surface area contributed by atoms with Gasteiger partial charge in [0, 0.05) is 0 Å². The minimum atomic E-state index is -0.363. The first kappa shape index (κ1) is 12.1. The lowest BCUT2D eigenvalue weighted by Crippen LogP contribution is -2.21. The Kier molecular flexibility index (Phi) is 4.13. The van der Waals surface area contributed by atoms with Gasteiger partial charge in [0.2, 0.25) is 0 Å². The summed E-state index contributed by atoms with van der Waals surface area (Å²) < 4.78 is 19.0. The molecule has 2 nitrogen and oxygen atoms in total. The number of hydrogen-bond acceptors (Lipinski definition) is 2. The maximum absolute atomic E-state index is 13.3. The van der Waals surface area contributed by atoms with Gasteiger partial charge >= 0.3 is 0 Å². The van der Waals surface area contributed by atoms with Crippen LogP contribution in [-0.2, 0) is 11.3 Å². The highest BCUT2D eigenvalue weighted by atomic mass is 19.1. The van der Waals surface area contributed by atoms with Gasteiger partial charge in [-0.15, -0.1) is 0 Å². The van der Waals surface area contributed by atoms with E-state index in [1.165, 1.54) is 12.5 Å². The van der Waals surface area contributed by atoms with Crippen molar-refractivity contribution in [3.8, 4) is 11.8 Å². The third kappa shape index (κ3) is 3.29. The van der Waals surface area contributed by atoms with Crippen LogP contribution in [0.1, 0.15) is 30.4 Å². The predicted octanol–water partition coefficient (Wildman–Crippen LogP) is 2.24. The van der Waals surface area contributed by atoms with E-state index in [0.29, 0.717) is 18.3 Å². The first-order chi connectivity index (χ1) is 8.29. The fourth-order valence-corrected chi connectivity index (χ4v) is 1.64. The topological polar surface area (TPSA) is 29.5 Å². The van der Waals surface area contributed by atoms with Crippen molar-refractivity contribution in [2.75, 3.05) is 6.61 Å². The Morgan fingerprint density at radius 3 is 2.88 bits per heavy atom. The van der Waals surface area contributed by atoms with Gasteiger partial charge in [-0.25, -0.2) is 4.39 Å². The second kappa shape index (κ2) is 5.81. The zero-order chi connectivity index (χ0) is 12.1. The average molecular weight is 234 g/mol. The standard InChI is InChI=1S/C14H15FO2/c15-14-7-6-11(9-12(14)3-2-8-16)10-17-13-4-1-5-13/h6-7,9,13,16H,1,4-5,8,10H2. The predicted molar refractivity (Wildman–Crippen MR) is 62.8 cm³/mol. The molecule has 0 aliphatic heterocycles. The lowest BCUT2D eigenvalue weighted by molar-refractivity contribution is -0.00868. The number of hydrogen-bond donors (Lipinski definition) is 1. The van der Waals surface area contributed by atoms with E-state index in [1.807, 2.05) is 0 Å². The maximum atomic E-state index is 13.3. The molecular weight excluding hydrogens is 219 g/mol. The molecule has 1 saturated carbocycles. The first-order valence-electron chi connectivity index (χ1n) is 5.79.